The summed E-state index contributed by atoms with van der Waals surface area (Å²) in [6.07, 6.45) is 27.0. The summed E-state index contributed by atoms with van der Waals surface area (Å²) in [5, 5.41) is 0. The molecule has 1 aliphatic rings. The molecule has 0 fully saturated rings. The smallest absolute Gasteiger partial charge is 0.310 e. The number of fused-ring (bicyclic) bond motifs is 1. The molecule has 41 heavy (non-hydrogen) atoms. The zero-order valence-electron chi connectivity index (χ0n) is 27.9. The molecule has 1 atom stereocenters. The van der Waals surface area contributed by atoms with Crippen molar-refractivity contribution >= 4 is 5.97 Å². The van der Waals surface area contributed by atoms with Crippen LogP contribution in [0.15, 0.2) is 0 Å². The van der Waals surface area contributed by atoms with E-state index >= 15 is 0 Å². The normalized spacial score (nSPS) is 16.3. The minimum atomic E-state index is -0.166. The lowest BCUT2D eigenvalue weighted by Gasteiger charge is -2.38. The first-order chi connectivity index (χ1) is 19.9. The van der Waals surface area contributed by atoms with Gasteiger partial charge in [0.2, 0.25) is 0 Å². The third-order valence-electron chi connectivity index (χ3n) is 9.25. The lowest BCUT2D eigenvalue weighted by Crippen LogP contribution is -2.37. The fourth-order valence-corrected chi connectivity index (χ4v) is 6.40. The number of carbonyl (C=O) groups is 1. The van der Waals surface area contributed by atoms with E-state index in [2.05, 4.69) is 34.6 Å². The van der Waals surface area contributed by atoms with Crippen LogP contribution in [0.25, 0.3) is 0 Å². The predicted octanol–water partition coefficient (Wildman–Crippen LogP) is 10.9. The molecule has 1 aromatic carbocycles. The fraction of sp³-hybridized carbons (Fsp3) is 0.811. The molecule has 0 radical (unpaired) electrons. The molecule has 4 nitrogen and oxygen atoms in total. The number of hydrogen-bond acceptors (Lipinski definition) is 4. The van der Waals surface area contributed by atoms with Crippen molar-refractivity contribution in [2.75, 3.05) is 13.7 Å². The average molecular weight is 573 g/mol. The lowest BCUT2D eigenvalue weighted by molar-refractivity contribution is -0.143. The van der Waals surface area contributed by atoms with E-state index in [1.807, 2.05) is 0 Å². The highest BCUT2D eigenvalue weighted by atomic mass is 16.5. The molecule has 0 saturated carbocycles. The maximum absolute atomic E-state index is 12.8. The molecule has 1 heterocycles. The number of unbranched alkanes of at least 4 members (excludes halogenated alkanes) is 16. The Bertz CT molecular complexity index is 876. The molecule has 236 valence electrons. The van der Waals surface area contributed by atoms with E-state index in [1.54, 1.807) is 7.11 Å². The summed E-state index contributed by atoms with van der Waals surface area (Å²) in [4.78, 5) is 12.8. The maximum Gasteiger partial charge on any atom is 0.310 e. The Morgan fingerprint density at radius 1 is 0.756 bits per heavy atom. The number of ether oxygens (including phenoxy) is 3. The highest BCUT2D eigenvalue weighted by molar-refractivity contribution is 5.76. The van der Waals surface area contributed by atoms with E-state index in [-0.39, 0.29) is 18.0 Å². The van der Waals surface area contributed by atoms with Crippen LogP contribution in [0, 0.1) is 13.8 Å². The van der Waals surface area contributed by atoms with Gasteiger partial charge >= 0.3 is 5.97 Å². The van der Waals surface area contributed by atoms with E-state index in [1.165, 1.54) is 103 Å². The number of hydrogen-bond donors (Lipinski definition) is 0. The molecule has 2 rings (SSSR count). The van der Waals surface area contributed by atoms with E-state index in [0.717, 1.165) is 65.9 Å². The minimum absolute atomic E-state index is 0.146. The monoisotopic (exact) mass is 572 g/mol. The van der Waals surface area contributed by atoms with E-state index in [0.29, 0.717) is 6.61 Å². The fourth-order valence-electron chi connectivity index (χ4n) is 6.40. The van der Waals surface area contributed by atoms with Gasteiger partial charge in [-0.2, -0.15) is 0 Å². The van der Waals surface area contributed by atoms with Crippen LogP contribution in [0.3, 0.4) is 0 Å². The second kappa shape index (κ2) is 20.2. The standard InChI is InChI=1S/C37H64O4/c1-7-9-11-13-14-15-16-17-18-19-20-21-22-23-26-37(5)27-25-32-33(29-34(38)40-28-24-12-10-8-2)35(39-6)30(3)31(4)36(32)41-37/h7-29H2,1-6H3. The van der Waals surface area contributed by atoms with Gasteiger partial charge in [-0.3, -0.25) is 4.79 Å². The summed E-state index contributed by atoms with van der Waals surface area (Å²) in [7, 11) is 1.71. The molecule has 0 bridgehead atoms. The van der Waals surface area contributed by atoms with E-state index in [4.69, 9.17) is 14.2 Å². The van der Waals surface area contributed by atoms with Crippen LogP contribution in [-0.4, -0.2) is 25.3 Å². The molecule has 0 N–H and O–H groups in total. The van der Waals surface area contributed by atoms with Gasteiger partial charge in [-0.25, -0.2) is 0 Å². The van der Waals surface area contributed by atoms with Gasteiger partial charge in [-0.15, -0.1) is 0 Å². The van der Waals surface area contributed by atoms with Crippen molar-refractivity contribution in [2.24, 2.45) is 0 Å². The van der Waals surface area contributed by atoms with Crippen molar-refractivity contribution in [3.8, 4) is 11.5 Å². The van der Waals surface area contributed by atoms with Crippen LogP contribution >= 0.6 is 0 Å². The highest BCUT2D eigenvalue weighted by Crippen LogP contribution is 2.45. The number of esters is 1. The third-order valence-corrected chi connectivity index (χ3v) is 9.25. The Morgan fingerprint density at radius 2 is 1.27 bits per heavy atom. The molecular formula is C37H64O4. The van der Waals surface area contributed by atoms with Gasteiger partial charge in [-0.1, -0.05) is 117 Å². The molecule has 1 aliphatic heterocycles. The van der Waals surface area contributed by atoms with Crippen molar-refractivity contribution in [2.45, 2.75) is 181 Å². The Kier molecular flexibility index (Phi) is 17.5. The number of rotatable bonds is 23. The van der Waals surface area contributed by atoms with Gasteiger partial charge in [0.05, 0.1) is 20.1 Å². The van der Waals surface area contributed by atoms with Crippen LogP contribution in [-0.2, 0) is 22.4 Å². The predicted molar refractivity (Wildman–Crippen MR) is 174 cm³/mol. The summed E-state index contributed by atoms with van der Waals surface area (Å²) >= 11 is 0. The van der Waals surface area contributed by atoms with Crippen LogP contribution in [0.4, 0.5) is 0 Å². The van der Waals surface area contributed by atoms with Crippen LogP contribution in [0.2, 0.25) is 0 Å². The summed E-state index contributed by atoms with van der Waals surface area (Å²) in [5.74, 6) is 1.64. The number of carbonyl (C=O) groups excluding carboxylic acids is 1. The summed E-state index contributed by atoms with van der Waals surface area (Å²) < 4.78 is 18.2. The van der Waals surface area contributed by atoms with Gasteiger partial charge in [0.1, 0.15) is 17.1 Å². The summed E-state index contributed by atoms with van der Waals surface area (Å²) in [5.41, 5.74) is 4.17. The van der Waals surface area contributed by atoms with Gasteiger partial charge in [0.15, 0.2) is 0 Å². The van der Waals surface area contributed by atoms with Crippen molar-refractivity contribution in [1.29, 1.82) is 0 Å². The molecule has 0 aromatic heterocycles. The molecule has 1 unspecified atom stereocenters. The van der Waals surface area contributed by atoms with Crippen molar-refractivity contribution in [3.63, 3.8) is 0 Å². The first-order valence-corrected chi connectivity index (χ1v) is 17.4. The first-order valence-electron chi connectivity index (χ1n) is 17.4. The summed E-state index contributed by atoms with van der Waals surface area (Å²) in [6, 6.07) is 0. The molecular weight excluding hydrogens is 508 g/mol. The number of methoxy groups -OCH3 is 1. The lowest BCUT2D eigenvalue weighted by atomic mass is 9.83. The molecule has 0 spiro atoms. The van der Waals surface area contributed by atoms with Gasteiger partial charge in [0.25, 0.3) is 0 Å². The molecule has 1 aromatic rings. The molecule has 4 heteroatoms. The second-order valence-corrected chi connectivity index (χ2v) is 12.9. The van der Waals surface area contributed by atoms with Gasteiger partial charge in [0, 0.05) is 11.1 Å². The number of benzene rings is 1. The Morgan fingerprint density at radius 3 is 1.80 bits per heavy atom. The first kappa shape index (κ1) is 35.5. The van der Waals surface area contributed by atoms with E-state index < -0.39 is 0 Å². The van der Waals surface area contributed by atoms with Crippen molar-refractivity contribution in [3.05, 3.63) is 22.3 Å². The molecule has 0 amide bonds. The topological polar surface area (TPSA) is 44.8 Å². The highest BCUT2D eigenvalue weighted by Gasteiger charge is 2.35. The van der Waals surface area contributed by atoms with E-state index in [9.17, 15) is 4.79 Å². The molecule has 0 saturated heterocycles. The minimum Gasteiger partial charge on any atom is -0.496 e. The van der Waals surface area contributed by atoms with Crippen molar-refractivity contribution in [1.82, 2.24) is 0 Å². The Balaban J connectivity index is 1.78. The average Bonchev–Trinajstić information content (AvgIpc) is 2.96. The largest absolute Gasteiger partial charge is 0.496 e. The maximum atomic E-state index is 12.8. The van der Waals surface area contributed by atoms with Gasteiger partial charge < -0.3 is 14.2 Å². The van der Waals surface area contributed by atoms with Crippen LogP contribution < -0.4 is 9.47 Å². The SMILES string of the molecule is CCCCCCCCCCCCCCCCC1(C)CCc2c(CC(=O)OCCCCCC)c(OC)c(C)c(C)c2O1. The van der Waals surface area contributed by atoms with Crippen LogP contribution in [0.1, 0.15) is 171 Å². The quantitative estimate of drug-likeness (QED) is 0.0966. The second-order valence-electron chi connectivity index (χ2n) is 12.9. The Labute approximate surface area is 253 Å². The zero-order valence-corrected chi connectivity index (χ0v) is 27.9. The van der Waals surface area contributed by atoms with Crippen molar-refractivity contribution < 1.29 is 19.0 Å². The summed E-state index contributed by atoms with van der Waals surface area (Å²) in [6.45, 7) is 11.5. The third kappa shape index (κ3) is 12.6. The van der Waals surface area contributed by atoms with Gasteiger partial charge in [-0.05, 0) is 64.0 Å². The molecule has 0 aliphatic carbocycles. The van der Waals surface area contributed by atoms with Crippen LogP contribution in [0.5, 0.6) is 11.5 Å². The Hall–Kier alpha value is -1.71. The zero-order chi connectivity index (χ0) is 29.9.